The fraction of sp³-hybridized carbons (Fsp3) is 0.188. The lowest BCUT2D eigenvalue weighted by Crippen LogP contribution is -2.13. The number of ether oxygens (including phenoxy) is 1. The molecular formula is C16H19N3O2. The molecular weight excluding hydrogens is 266 g/mol. The highest BCUT2D eigenvalue weighted by Crippen LogP contribution is 2.16. The molecule has 0 aliphatic heterocycles. The molecule has 2 aromatic carbocycles. The highest BCUT2D eigenvalue weighted by Gasteiger charge is 2.00. The molecule has 0 saturated carbocycles. The van der Waals surface area contributed by atoms with Crippen molar-refractivity contribution in [2.24, 2.45) is 10.9 Å². The lowest BCUT2D eigenvalue weighted by molar-refractivity contribution is 0.318. The van der Waals surface area contributed by atoms with Crippen molar-refractivity contribution >= 4 is 11.5 Å². The Hall–Kier alpha value is -2.69. The van der Waals surface area contributed by atoms with Crippen LogP contribution in [0.1, 0.15) is 18.1 Å². The maximum atomic E-state index is 8.61. The third kappa shape index (κ3) is 4.14. The number of nitrogens with zero attached hydrogens (tertiary/aromatic N) is 1. The third-order valence-electron chi connectivity index (χ3n) is 3.02. The zero-order valence-corrected chi connectivity index (χ0v) is 11.9. The Bertz CT molecular complexity index is 592. The number of hydrogen-bond donors (Lipinski definition) is 3. The molecule has 0 unspecified atom stereocenters. The Morgan fingerprint density at radius 3 is 2.38 bits per heavy atom. The van der Waals surface area contributed by atoms with Crippen molar-refractivity contribution < 1.29 is 9.94 Å². The highest BCUT2D eigenvalue weighted by atomic mass is 16.5. The van der Waals surface area contributed by atoms with E-state index in [1.807, 2.05) is 55.5 Å². The van der Waals surface area contributed by atoms with Gasteiger partial charge in [0.2, 0.25) is 0 Å². The van der Waals surface area contributed by atoms with Crippen LogP contribution in [-0.4, -0.2) is 17.6 Å². The van der Waals surface area contributed by atoms with E-state index >= 15 is 0 Å². The number of hydrogen-bond acceptors (Lipinski definition) is 4. The molecule has 21 heavy (non-hydrogen) atoms. The molecule has 0 radical (unpaired) electrons. The van der Waals surface area contributed by atoms with Gasteiger partial charge < -0.3 is 21.0 Å². The minimum Gasteiger partial charge on any atom is -0.494 e. The Labute approximate surface area is 124 Å². The second-order valence-corrected chi connectivity index (χ2v) is 4.49. The Morgan fingerprint density at radius 1 is 1.14 bits per heavy atom. The second kappa shape index (κ2) is 7.19. The van der Waals surface area contributed by atoms with Gasteiger partial charge in [0.1, 0.15) is 5.75 Å². The molecule has 5 nitrogen and oxygen atoms in total. The van der Waals surface area contributed by atoms with Crippen molar-refractivity contribution in [3.05, 3.63) is 59.7 Å². The molecule has 0 bridgehead atoms. The first kappa shape index (κ1) is 14.7. The number of amidine groups is 1. The van der Waals surface area contributed by atoms with Gasteiger partial charge in [-0.25, -0.2) is 0 Å². The maximum Gasteiger partial charge on any atom is 0.170 e. The Balaban J connectivity index is 1.93. The summed E-state index contributed by atoms with van der Waals surface area (Å²) in [4.78, 5) is 0. The third-order valence-corrected chi connectivity index (χ3v) is 3.02. The fourth-order valence-corrected chi connectivity index (χ4v) is 1.89. The monoisotopic (exact) mass is 285 g/mol. The average Bonchev–Trinajstić information content (AvgIpc) is 2.54. The van der Waals surface area contributed by atoms with Crippen molar-refractivity contribution in [2.45, 2.75) is 13.5 Å². The molecule has 0 aromatic heterocycles. The summed E-state index contributed by atoms with van der Waals surface area (Å²) < 4.78 is 5.40. The predicted molar refractivity (Wildman–Crippen MR) is 83.9 cm³/mol. The number of benzene rings is 2. The van der Waals surface area contributed by atoms with E-state index in [9.17, 15) is 0 Å². The molecule has 0 heterocycles. The van der Waals surface area contributed by atoms with Crippen LogP contribution in [0.4, 0.5) is 5.69 Å². The van der Waals surface area contributed by atoms with E-state index in [0.717, 1.165) is 17.0 Å². The molecule has 0 spiro atoms. The lowest BCUT2D eigenvalue weighted by atomic mass is 10.1. The summed E-state index contributed by atoms with van der Waals surface area (Å²) in [6.07, 6.45) is 0. The van der Waals surface area contributed by atoms with Crippen LogP contribution >= 0.6 is 0 Å². The highest BCUT2D eigenvalue weighted by molar-refractivity contribution is 5.96. The van der Waals surface area contributed by atoms with Crippen molar-refractivity contribution in [3.63, 3.8) is 0 Å². The topological polar surface area (TPSA) is 79.9 Å². The van der Waals surface area contributed by atoms with Crippen LogP contribution < -0.4 is 15.8 Å². The summed E-state index contributed by atoms with van der Waals surface area (Å²) in [5.41, 5.74) is 8.35. The van der Waals surface area contributed by atoms with E-state index in [1.165, 1.54) is 0 Å². The van der Waals surface area contributed by atoms with Gasteiger partial charge in [-0.05, 0) is 36.8 Å². The number of rotatable bonds is 6. The number of nitrogens with one attached hydrogen (secondary N) is 1. The summed E-state index contributed by atoms with van der Waals surface area (Å²) >= 11 is 0. The first-order valence-corrected chi connectivity index (χ1v) is 6.76. The molecule has 4 N–H and O–H groups in total. The van der Waals surface area contributed by atoms with Gasteiger partial charge in [-0.3, -0.25) is 0 Å². The van der Waals surface area contributed by atoms with Crippen molar-refractivity contribution in [2.75, 3.05) is 11.9 Å². The number of nitrogens with two attached hydrogens (primary N) is 1. The van der Waals surface area contributed by atoms with Crippen molar-refractivity contribution in [1.29, 1.82) is 0 Å². The van der Waals surface area contributed by atoms with Crippen LogP contribution in [0.5, 0.6) is 5.75 Å². The molecule has 0 amide bonds. The molecule has 2 aromatic rings. The summed E-state index contributed by atoms with van der Waals surface area (Å²) in [6.45, 7) is 3.33. The van der Waals surface area contributed by atoms with Crippen LogP contribution in [0.25, 0.3) is 0 Å². The average molecular weight is 285 g/mol. The Kier molecular flexibility index (Phi) is 5.04. The first-order valence-electron chi connectivity index (χ1n) is 6.76. The minimum absolute atomic E-state index is 0.112. The zero-order chi connectivity index (χ0) is 15.1. The maximum absolute atomic E-state index is 8.61. The fourth-order valence-electron chi connectivity index (χ4n) is 1.89. The SMILES string of the molecule is CCOc1ccc(NCc2ccc(C(N)=NO)cc2)cc1. The van der Waals surface area contributed by atoms with E-state index in [1.54, 1.807) is 0 Å². The van der Waals surface area contributed by atoms with E-state index in [0.29, 0.717) is 18.7 Å². The Morgan fingerprint density at radius 2 is 1.81 bits per heavy atom. The van der Waals surface area contributed by atoms with Crippen LogP contribution in [0.15, 0.2) is 53.7 Å². The van der Waals surface area contributed by atoms with Gasteiger partial charge in [0.05, 0.1) is 6.61 Å². The van der Waals surface area contributed by atoms with Gasteiger partial charge in [0, 0.05) is 17.8 Å². The van der Waals surface area contributed by atoms with E-state index in [-0.39, 0.29) is 5.84 Å². The minimum atomic E-state index is 0.112. The van der Waals surface area contributed by atoms with Gasteiger partial charge in [0.15, 0.2) is 5.84 Å². The molecule has 110 valence electrons. The smallest absolute Gasteiger partial charge is 0.170 e. The number of oxime groups is 1. The van der Waals surface area contributed by atoms with Gasteiger partial charge in [-0.1, -0.05) is 29.4 Å². The molecule has 0 fully saturated rings. The largest absolute Gasteiger partial charge is 0.494 e. The molecule has 0 saturated heterocycles. The molecule has 5 heteroatoms. The van der Waals surface area contributed by atoms with Crippen LogP contribution in [0.2, 0.25) is 0 Å². The van der Waals surface area contributed by atoms with Crippen molar-refractivity contribution in [3.8, 4) is 5.75 Å². The predicted octanol–water partition coefficient (Wildman–Crippen LogP) is 2.79. The molecule has 2 rings (SSSR count). The van der Waals surface area contributed by atoms with Crippen molar-refractivity contribution in [1.82, 2.24) is 0 Å². The van der Waals surface area contributed by atoms with E-state index < -0.39 is 0 Å². The quantitative estimate of drug-likeness (QED) is 0.330. The number of anilines is 1. The first-order chi connectivity index (χ1) is 10.2. The van der Waals surface area contributed by atoms with Gasteiger partial charge in [0.25, 0.3) is 0 Å². The second-order valence-electron chi connectivity index (χ2n) is 4.49. The van der Waals surface area contributed by atoms with Crippen LogP contribution in [0.3, 0.4) is 0 Å². The van der Waals surface area contributed by atoms with E-state index in [4.69, 9.17) is 15.7 Å². The molecule has 0 aliphatic carbocycles. The summed E-state index contributed by atoms with van der Waals surface area (Å²) in [5, 5.41) is 14.9. The zero-order valence-electron chi connectivity index (χ0n) is 11.9. The van der Waals surface area contributed by atoms with Gasteiger partial charge >= 0.3 is 0 Å². The van der Waals surface area contributed by atoms with E-state index in [2.05, 4.69) is 10.5 Å². The molecule has 0 aliphatic rings. The van der Waals surface area contributed by atoms with Crippen LogP contribution in [0, 0.1) is 0 Å². The van der Waals surface area contributed by atoms with Gasteiger partial charge in [-0.15, -0.1) is 0 Å². The summed E-state index contributed by atoms with van der Waals surface area (Å²) in [7, 11) is 0. The lowest BCUT2D eigenvalue weighted by Gasteiger charge is -2.08. The summed E-state index contributed by atoms with van der Waals surface area (Å²) in [5.74, 6) is 0.979. The van der Waals surface area contributed by atoms with Crippen LogP contribution in [-0.2, 0) is 6.54 Å². The van der Waals surface area contributed by atoms with Gasteiger partial charge in [-0.2, -0.15) is 0 Å². The standard InChI is InChI=1S/C16H19N3O2/c1-2-21-15-9-7-14(8-10-15)18-11-12-3-5-13(6-4-12)16(17)19-20/h3-10,18,20H,2,11H2,1H3,(H2,17,19). The summed E-state index contributed by atoms with van der Waals surface area (Å²) in [6, 6.07) is 15.4. The normalized spacial score (nSPS) is 11.2. The molecule has 0 atom stereocenters.